The smallest absolute Gasteiger partial charge is 0.187 e. The molecule has 0 aromatic heterocycles. The van der Waals surface area contributed by atoms with Gasteiger partial charge in [0.25, 0.3) is 0 Å². The third-order valence-electron chi connectivity index (χ3n) is 2.48. The van der Waals surface area contributed by atoms with Crippen LogP contribution in [0.25, 0.3) is 0 Å². The first-order valence-electron chi connectivity index (χ1n) is 5.64. The Labute approximate surface area is 125 Å². The topological polar surface area (TPSA) is 29.1 Å². The van der Waals surface area contributed by atoms with Crippen LogP contribution in [-0.2, 0) is 0 Å². The molecule has 0 unspecified atom stereocenters. The van der Waals surface area contributed by atoms with Gasteiger partial charge in [-0.2, -0.15) is 0 Å². The first-order chi connectivity index (χ1) is 9.16. The monoisotopic (exact) mass is 335 g/mol. The molecule has 1 N–H and O–H groups in total. The Hall–Kier alpha value is -1.58. The van der Waals surface area contributed by atoms with Gasteiger partial charge < -0.3 is 5.32 Å². The largest absolute Gasteiger partial charge is 0.360 e. The van der Waals surface area contributed by atoms with Crippen LogP contribution in [0.3, 0.4) is 0 Å². The molecule has 2 nitrogen and oxygen atoms in total. The zero-order chi connectivity index (χ0) is 13.7. The maximum atomic E-state index is 11.9. The van der Waals surface area contributed by atoms with E-state index in [1.165, 1.54) is 6.08 Å². The van der Waals surface area contributed by atoms with E-state index in [0.29, 0.717) is 10.6 Å². The van der Waals surface area contributed by atoms with Crippen molar-refractivity contribution < 1.29 is 4.79 Å². The molecule has 0 spiro atoms. The highest BCUT2D eigenvalue weighted by Gasteiger charge is 2.01. The Morgan fingerprint density at radius 3 is 2.47 bits per heavy atom. The van der Waals surface area contributed by atoms with Crippen molar-refractivity contribution in [3.05, 3.63) is 75.9 Å². The highest BCUT2D eigenvalue weighted by atomic mass is 79.9. The first-order valence-corrected chi connectivity index (χ1v) is 6.81. The maximum absolute atomic E-state index is 11.9. The molecule has 0 fully saturated rings. The fourth-order valence-electron chi connectivity index (χ4n) is 1.50. The SMILES string of the molecule is O=C(C=CNc1ccccc1Cl)c1ccc(Br)cc1. The molecule has 0 atom stereocenters. The zero-order valence-electron chi connectivity index (χ0n) is 9.94. The number of benzene rings is 2. The van der Waals surface area contributed by atoms with E-state index in [9.17, 15) is 4.79 Å². The van der Waals surface area contributed by atoms with Gasteiger partial charge in [-0.05, 0) is 36.4 Å². The molecule has 0 radical (unpaired) electrons. The van der Waals surface area contributed by atoms with Crippen molar-refractivity contribution in [2.75, 3.05) is 5.32 Å². The van der Waals surface area contributed by atoms with Crippen LogP contribution < -0.4 is 5.32 Å². The molecule has 0 aliphatic rings. The Bertz CT molecular complexity index is 608. The number of ketones is 1. The number of nitrogens with one attached hydrogen (secondary N) is 1. The minimum Gasteiger partial charge on any atom is -0.360 e. The Morgan fingerprint density at radius 2 is 1.79 bits per heavy atom. The van der Waals surface area contributed by atoms with Crippen LogP contribution in [0.15, 0.2) is 65.3 Å². The van der Waals surface area contributed by atoms with Crippen molar-refractivity contribution in [1.29, 1.82) is 0 Å². The van der Waals surface area contributed by atoms with Crippen molar-refractivity contribution in [2.45, 2.75) is 0 Å². The van der Waals surface area contributed by atoms with Crippen LogP contribution in [0.5, 0.6) is 0 Å². The molecule has 19 heavy (non-hydrogen) atoms. The van der Waals surface area contributed by atoms with Gasteiger partial charge >= 0.3 is 0 Å². The van der Waals surface area contributed by atoms with E-state index in [0.717, 1.165) is 10.2 Å². The second-order valence-electron chi connectivity index (χ2n) is 3.83. The van der Waals surface area contributed by atoms with Crippen molar-refractivity contribution in [3.63, 3.8) is 0 Å². The molecule has 0 bridgehead atoms. The van der Waals surface area contributed by atoms with Crippen LogP contribution in [0.1, 0.15) is 10.4 Å². The summed E-state index contributed by atoms with van der Waals surface area (Å²) in [6.45, 7) is 0. The minimum atomic E-state index is -0.0629. The average Bonchev–Trinajstić information content (AvgIpc) is 2.41. The molecule has 0 aliphatic heterocycles. The number of hydrogen-bond donors (Lipinski definition) is 1. The van der Waals surface area contributed by atoms with Gasteiger partial charge in [0.05, 0.1) is 10.7 Å². The molecule has 0 amide bonds. The predicted molar refractivity (Wildman–Crippen MR) is 82.7 cm³/mol. The van der Waals surface area contributed by atoms with E-state index >= 15 is 0 Å². The second-order valence-corrected chi connectivity index (χ2v) is 5.15. The summed E-state index contributed by atoms with van der Waals surface area (Å²) in [5.41, 5.74) is 1.41. The molecule has 2 rings (SSSR count). The molecule has 0 aliphatic carbocycles. The summed E-state index contributed by atoms with van der Waals surface area (Å²) < 4.78 is 0.947. The highest BCUT2D eigenvalue weighted by Crippen LogP contribution is 2.20. The zero-order valence-corrected chi connectivity index (χ0v) is 12.3. The van der Waals surface area contributed by atoms with Gasteiger partial charge in [0.1, 0.15) is 0 Å². The number of anilines is 1. The van der Waals surface area contributed by atoms with Crippen LogP contribution >= 0.6 is 27.5 Å². The molecule has 0 heterocycles. The molecule has 0 saturated carbocycles. The van der Waals surface area contributed by atoms with E-state index in [4.69, 9.17) is 11.6 Å². The molecule has 0 saturated heterocycles. The Balaban J connectivity index is 2.01. The second kappa shape index (κ2) is 6.55. The average molecular weight is 337 g/mol. The van der Waals surface area contributed by atoms with Gasteiger partial charge in [-0.1, -0.05) is 39.7 Å². The molecule has 4 heteroatoms. The molecule has 2 aromatic carbocycles. The predicted octanol–water partition coefficient (Wildman–Crippen LogP) is 4.91. The lowest BCUT2D eigenvalue weighted by molar-refractivity contribution is 0.104. The van der Waals surface area contributed by atoms with Gasteiger partial charge in [-0.3, -0.25) is 4.79 Å². The Morgan fingerprint density at radius 1 is 1.11 bits per heavy atom. The van der Waals surface area contributed by atoms with E-state index in [2.05, 4.69) is 21.2 Å². The van der Waals surface area contributed by atoms with Crippen molar-refractivity contribution in [1.82, 2.24) is 0 Å². The lowest BCUT2D eigenvalue weighted by atomic mass is 10.1. The lowest BCUT2D eigenvalue weighted by Crippen LogP contribution is -1.96. The summed E-state index contributed by atoms with van der Waals surface area (Å²) >= 11 is 9.32. The van der Waals surface area contributed by atoms with Crippen molar-refractivity contribution in [2.24, 2.45) is 0 Å². The fourth-order valence-corrected chi connectivity index (χ4v) is 1.95. The Kier molecular flexibility index (Phi) is 4.77. The van der Waals surface area contributed by atoms with Crippen LogP contribution in [0.4, 0.5) is 5.69 Å². The van der Waals surface area contributed by atoms with E-state index in [-0.39, 0.29) is 5.78 Å². The number of halogens is 2. The quantitative estimate of drug-likeness (QED) is 0.635. The molecule has 2 aromatic rings. The van der Waals surface area contributed by atoms with Crippen molar-refractivity contribution >= 4 is 39.0 Å². The fraction of sp³-hybridized carbons (Fsp3) is 0. The van der Waals surface area contributed by atoms with Gasteiger partial charge in [0.2, 0.25) is 0 Å². The van der Waals surface area contributed by atoms with E-state index in [1.807, 2.05) is 30.3 Å². The number of rotatable bonds is 4. The van der Waals surface area contributed by atoms with Crippen LogP contribution in [0.2, 0.25) is 5.02 Å². The highest BCUT2D eigenvalue weighted by molar-refractivity contribution is 9.10. The van der Waals surface area contributed by atoms with Crippen LogP contribution in [0, 0.1) is 0 Å². The summed E-state index contributed by atoms with van der Waals surface area (Å²) in [6, 6.07) is 14.6. The summed E-state index contributed by atoms with van der Waals surface area (Å²) in [6.07, 6.45) is 3.07. The normalized spacial score (nSPS) is 10.6. The lowest BCUT2D eigenvalue weighted by Gasteiger charge is -2.02. The van der Waals surface area contributed by atoms with Crippen LogP contribution in [-0.4, -0.2) is 5.78 Å². The van der Waals surface area contributed by atoms with Gasteiger partial charge in [-0.15, -0.1) is 0 Å². The summed E-state index contributed by atoms with van der Waals surface area (Å²) in [5.74, 6) is -0.0629. The summed E-state index contributed by atoms with van der Waals surface area (Å²) in [4.78, 5) is 11.9. The van der Waals surface area contributed by atoms with E-state index < -0.39 is 0 Å². The third-order valence-corrected chi connectivity index (χ3v) is 3.33. The van der Waals surface area contributed by atoms with Gasteiger partial charge in [0, 0.05) is 22.3 Å². The number of hydrogen-bond acceptors (Lipinski definition) is 2. The number of para-hydroxylation sites is 1. The molecular formula is C15H11BrClNO. The number of allylic oxidation sites excluding steroid dienone is 1. The van der Waals surface area contributed by atoms with Gasteiger partial charge in [0.15, 0.2) is 5.78 Å². The standard InChI is InChI=1S/C15H11BrClNO/c16-12-7-5-11(6-8-12)15(19)9-10-18-14-4-2-1-3-13(14)17/h1-10,18H. The number of carbonyl (C=O) groups excluding carboxylic acids is 1. The number of carbonyl (C=O) groups is 1. The van der Waals surface area contributed by atoms with Gasteiger partial charge in [-0.25, -0.2) is 0 Å². The molecule has 96 valence electrons. The van der Waals surface area contributed by atoms with Crippen molar-refractivity contribution in [3.8, 4) is 0 Å². The summed E-state index contributed by atoms with van der Waals surface area (Å²) in [5, 5.41) is 3.60. The first kappa shape index (κ1) is 13.8. The maximum Gasteiger partial charge on any atom is 0.187 e. The summed E-state index contributed by atoms with van der Waals surface area (Å²) in [7, 11) is 0. The minimum absolute atomic E-state index is 0.0629. The third kappa shape index (κ3) is 3.94. The molecular weight excluding hydrogens is 326 g/mol. The van der Waals surface area contributed by atoms with E-state index in [1.54, 1.807) is 24.4 Å².